The molecule has 2 saturated carbocycles. The van der Waals surface area contributed by atoms with Crippen LogP contribution < -0.4 is 4.90 Å². The number of anilines is 1. The third-order valence-corrected chi connectivity index (χ3v) is 9.37. The minimum absolute atomic E-state index is 0.103. The highest BCUT2D eigenvalue weighted by atomic mass is 32.2. The summed E-state index contributed by atoms with van der Waals surface area (Å²) in [6, 6.07) is 8.10. The minimum Gasteiger partial charge on any atom is -0.356 e. The number of nitrogens with zero attached hydrogens (tertiary/aromatic N) is 4. The van der Waals surface area contributed by atoms with Gasteiger partial charge in [-0.3, -0.25) is 9.78 Å². The molecule has 2 aromatic rings. The Bertz CT molecular complexity index is 1030. The average Bonchev–Trinajstić information content (AvgIpc) is 3.38. The maximum atomic E-state index is 13.6. The number of fused-ring (bicyclic) bond motifs is 1. The van der Waals surface area contributed by atoms with Crippen LogP contribution in [0.2, 0.25) is 0 Å². The van der Waals surface area contributed by atoms with Crippen molar-refractivity contribution in [2.24, 2.45) is 17.8 Å². The van der Waals surface area contributed by atoms with Crippen molar-refractivity contribution in [3.8, 4) is 0 Å². The Labute approximate surface area is 199 Å². The van der Waals surface area contributed by atoms with Crippen LogP contribution in [0.3, 0.4) is 0 Å². The number of hydrogen-bond donors (Lipinski definition) is 0. The standard InChI is InChI=1S/C26H30N4O2S/c31-16-23-21-14-30(15-22(21)23)24-8-7-20(25(28-24)33-19-5-1-2-6-19)26(32)29-11-9-18(13-29)17-4-3-10-27-12-17/h3-4,7-8,10,12,16,18-19,21-23H,1-2,5-6,9,11,13-15H2/t18?,21-,22+,23?. The van der Waals surface area contributed by atoms with Crippen molar-refractivity contribution in [3.05, 3.63) is 47.8 Å². The number of likely N-dealkylation sites (tertiary alicyclic amines) is 1. The molecule has 2 saturated heterocycles. The summed E-state index contributed by atoms with van der Waals surface area (Å²) >= 11 is 1.80. The van der Waals surface area contributed by atoms with E-state index in [2.05, 4.69) is 16.0 Å². The molecule has 2 unspecified atom stereocenters. The molecular weight excluding hydrogens is 432 g/mol. The zero-order valence-electron chi connectivity index (χ0n) is 18.8. The van der Waals surface area contributed by atoms with Gasteiger partial charge in [0.1, 0.15) is 17.1 Å². The van der Waals surface area contributed by atoms with E-state index in [-0.39, 0.29) is 11.8 Å². The Kier molecular flexibility index (Phi) is 5.60. The number of aldehydes is 1. The van der Waals surface area contributed by atoms with Crippen molar-refractivity contribution >= 4 is 29.8 Å². The van der Waals surface area contributed by atoms with Gasteiger partial charge in [-0.15, -0.1) is 11.8 Å². The van der Waals surface area contributed by atoms with Crippen LogP contribution in [-0.2, 0) is 4.79 Å². The maximum Gasteiger partial charge on any atom is 0.256 e. The third kappa shape index (κ3) is 4.05. The van der Waals surface area contributed by atoms with Gasteiger partial charge in [0, 0.05) is 55.7 Å². The number of hydrogen-bond acceptors (Lipinski definition) is 6. The van der Waals surface area contributed by atoms with Crippen LogP contribution in [0.4, 0.5) is 5.82 Å². The van der Waals surface area contributed by atoms with E-state index in [9.17, 15) is 9.59 Å². The number of amides is 1. The molecule has 6 nitrogen and oxygen atoms in total. The van der Waals surface area contributed by atoms with Crippen LogP contribution in [0, 0.1) is 17.8 Å². The Morgan fingerprint density at radius 1 is 1.06 bits per heavy atom. The maximum absolute atomic E-state index is 13.6. The van der Waals surface area contributed by atoms with Crippen molar-refractivity contribution in [3.63, 3.8) is 0 Å². The molecule has 4 atom stereocenters. The smallest absolute Gasteiger partial charge is 0.256 e. The molecule has 4 heterocycles. The van der Waals surface area contributed by atoms with E-state index in [1.165, 1.54) is 31.2 Å². The Hall–Kier alpha value is -2.41. The second kappa shape index (κ2) is 8.75. The molecule has 4 aliphatic rings. The number of pyridine rings is 2. The molecule has 0 radical (unpaired) electrons. The largest absolute Gasteiger partial charge is 0.356 e. The molecule has 6 rings (SSSR count). The van der Waals surface area contributed by atoms with Crippen LogP contribution >= 0.6 is 11.8 Å². The molecule has 0 N–H and O–H groups in total. The van der Waals surface area contributed by atoms with Crippen LogP contribution in [0.5, 0.6) is 0 Å². The summed E-state index contributed by atoms with van der Waals surface area (Å²) in [5, 5.41) is 1.44. The van der Waals surface area contributed by atoms with Gasteiger partial charge in [-0.2, -0.15) is 0 Å². The van der Waals surface area contributed by atoms with E-state index in [1.807, 2.05) is 29.3 Å². The summed E-state index contributed by atoms with van der Waals surface area (Å²) in [7, 11) is 0. The lowest BCUT2D eigenvalue weighted by atomic mass is 10.0. The normalized spacial score (nSPS) is 28.8. The Morgan fingerprint density at radius 2 is 1.88 bits per heavy atom. The number of carbonyl (C=O) groups excluding carboxylic acids is 2. The van der Waals surface area contributed by atoms with E-state index >= 15 is 0 Å². The first-order chi connectivity index (χ1) is 16.2. The summed E-state index contributed by atoms with van der Waals surface area (Å²) in [6.07, 6.45) is 10.7. The molecule has 2 aliphatic carbocycles. The Morgan fingerprint density at radius 3 is 2.61 bits per heavy atom. The van der Waals surface area contributed by atoms with Crippen LogP contribution in [0.1, 0.15) is 53.9 Å². The fourth-order valence-electron chi connectivity index (χ4n) is 5.99. The van der Waals surface area contributed by atoms with Crippen molar-refractivity contribution < 1.29 is 9.59 Å². The highest BCUT2D eigenvalue weighted by Gasteiger charge is 2.55. The van der Waals surface area contributed by atoms with Crippen LogP contribution in [0.15, 0.2) is 41.7 Å². The molecular formula is C26H30N4O2S. The van der Waals surface area contributed by atoms with Gasteiger partial charge in [-0.05, 0) is 54.9 Å². The monoisotopic (exact) mass is 462 g/mol. The Balaban J connectivity index is 1.22. The van der Waals surface area contributed by atoms with E-state index < -0.39 is 0 Å². The highest BCUT2D eigenvalue weighted by Crippen LogP contribution is 2.51. The predicted molar refractivity (Wildman–Crippen MR) is 129 cm³/mol. The van der Waals surface area contributed by atoms with Gasteiger partial charge in [0.2, 0.25) is 0 Å². The number of carbonyl (C=O) groups is 2. The summed E-state index contributed by atoms with van der Waals surface area (Å²) in [4.78, 5) is 38.3. The molecule has 2 aliphatic heterocycles. The number of rotatable bonds is 6. The lowest BCUT2D eigenvalue weighted by Gasteiger charge is -2.23. The van der Waals surface area contributed by atoms with E-state index in [0.717, 1.165) is 55.3 Å². The van der Waals surface area contributed by atoms with Crippen LogP contribution in [-0.4, -0.2) is 58.5 Å². The second-order valence-electron chi connectivity index (χ2n) is 10.0. The molecule has 33 heavy (non-hydrogen) atoms. The first kappa shape index (κ1) is 21.1. The highest BCUT2D eigenvalue weighted by molar-refractivity contribution is 7.99. The molecule has 0 bridgehead atoms. The average molecular weight is 463 g/mol. The first-order valence-corrected chi connectivity index (χ1v) is 13.2. The summed E-state index contributed by atoms with van der Waals surface area (Å²) in [5.41, 5.74) is 1.96. The molecule has 172 valence electrons. The fourth-order valence-corrected chi connectivity index (χ4v) is 7.30. The summed E-state index contributed by atoms with van der Waals surface area (Å²) in [6.45, 7) is 3.32. The van der Waals surface area contributed by atoms with Gasteiger partial charge in [0.25, 0.3) is 5.91 Å². The zero-order valence-corrected chi connectivity index (χ0v) is 19.6. The molecule has 4 fully saturated rings. The van der Waals surface area contributed by atoms with Crippen molar-refractivity contribution in [2.45, 2.75) is 48.3 Å². The van der Waals surface area contributed by atoms with Gasteiger partial charge in [-0.25, -0.2) is 4.98 Å². The van der Waals surface area contributed by atoms with Crippen molar-refractivity contribution in [2.75, 3.05) is 31.1 Å². The van der Waals surface area contributed by atoms with Gasteiger partial charge in [0.15, 0.2) is 0 Å². The third-order valence-electron chi connectivity index (χ3n) is 8.03. The quantitative estimate of drug-likeness (QED) is 0.604. The summed E-state index contributed by atoms with van der Waals surface area (Å²) in [5.74, 6) is 2.64. The molecule has 1 amide bonds. The predicted octanol–water partition coefficient (Wildman–Crippen LogP) is 4.02. The van der Waals surface area contributed by atoms with E-state index in [1.54, 1.807) is 18.0 Å². The van der Waals surface area contributed by atoms with Gasteiger partial charge in [-0.1, -0.05) is 18.9 Å². The number of thioether (sulfide) groups is 1. The van der Waals surface area contributed by atoms with Crippen molar-refractivity contribution in [1.82, 2.24) is 14.9 Å². The molecule has 7 heteroatoms. The van der Waals surface area contributed by atoms with Gasteiger partial charge < -0.3 is 14.6 Å². The zero-order chi connectivity index (χ0) is 22.4. The lowest BCUT2D eigenvalue weighted by Crippen LogP contribution is -2.30. The molecule has 0 aromatic carbocycles. The van der Waals surface area contributed by atoms with E-state index in [4.69, 9.17) is 4.98 Å². The second-order valence-corrected chi connectivity index (χ2v) is 11.3. The number of piperidine rings is 1. The fraction of sp³-hybridized carbons (Fsp3) is 0.538. The topological polar surface area (TPSA) is 66.4 Å². The van der Waals surface area contributed by atoms with Crippen molar-refractivity contribution in [1.29, 1.82) is 0 Å². The minimum atomic E-state index is 0.103. The van der Waals surface area contributed by atoms with Crippen LogP contribution in [0.25, 0.3) is 0 Å². The summed E-state index contributed by atoms with van der Waals surface area (Å²) < 4.78 is 0. The lowest BCUT2D eigenvalue weighted by molar-refractivity contribution is -0.109. The SMILES string of the molecule is O=CC1[C@H]2CN(c3ccc(C(=O)N4CCC(c5cccnc5)C4)c(SC4CCCC4)n3)C[C@@H]12. The van der Waals surface area contributed by atoms with Gasteiger partial charge in [0.05, 0.1) is 5.56 Å². The molecule has 0 spiro atoms. The van der Waals surface area contributed by atoms with Gasteiger partial charge >= 0.3 is 0 Å². The molecule has 2 aromatic heterocycles. The number of aromatic nitrogens is 2. The first-order valence-electron chi connectivity index (χ1n) is 12.3. The van der Waals surface area contributed by atoms with E-state index in [0.29, 0.717) is 23.0 Å².